The molecule has 124 heavy (non-hydrogen) atoms. The Morgan fingerprint density at radius 3 is 1.75 bits per heavy atom. The van der Waals surface area contributed by atoms with E-state index in [1.165, 1.54) is 25.6 Å². The van der Waals surface area contributed by atoms with Gasteiger partial charge in [0.2, 0.25) is 76.8 Å². The second kappa shape index (κ2) is 48.9. The third-order valence-electron chi connectivity index (χ3n) is 19.6. The van der Waals surface area contributed by atoms with Crippen molar-refractivity contribution in [1.82, 2.24) is 83.9 Å². The van der Waals surface area contributed by atoms with Crippen molar-refractivity contribution in [2.75, 3.05) is 45.1 Å². The number of aromatic nitrogens is 3. The summed E-state index contributed by atoms with van der Waals surface area (Å²) in [5, 5.41) is 62.5. The fraction of sp³-hybridized carbons (Fsp3) is 0.440. The second-order valence-electron chi connectivity index (χ2n) is 30.3. The molecule has 3 heterocycles. The number of pyridine rings is 1. The Hall–Kier alpha value is -12.6. The zero-order chi connectivity index (χ0) is 90.9. The third kappa shape index (κ3) is 29.9. The van der Waals surface area contributed by atoms with Crippen LogP contribution in [0.25, 0.3) is 23.1 Å². The summed E-state index contributed by atoms with van der Waals surface area (Å²) in [6, 6.07) is 15.9. The van der Waals surface area contributed by atoms with E-state index in [4.69, 9.17) is 27.7 Å². The van der Waals surface area contributed by atoms with Gasteiger partial charge in [0.05, 0.1) is 34.7 Å². The number of benzene rings is 4. The monoisotopic (exact) mass is 1740 g/mol. The lowest BCUT2D eigenvalue weighted by atomic mass is 10.00. The lowest BCUT2D eigenvalue weighted by molar-refractivity contribution is -0.137. The van der Waals surface area contributed by atoms with Gasteiger partial charge in [-0.3, -0.25) is 72.1 Å². The van der Waals surface area contributed by atoms with Crippen LogP contribution in [0.2, 0.25) is 0 Å². The average molecular weight is 1740 g/mol. The maximum Gasteiger partial charge on any atom is 0.435 e. The van der Waals surface area contributed by atoms with E-state index in [9.17, 15) is 82.1 Å². The molecule has 0 aliphatic carbocycles. The molecule has 1 fully saturated rings. The summed E-state index contributed by atoms with van der Waals surface area (Å²) in [5.74, 6) is -13.9. The molecule has 0 spiro atoms. The first kappa shape index (κ1) is 98.5. The largest absolute Gasteiger partial charge is 0.443 e. The average Bonchev–Trinajstić information content (AvgIpc) is 1.62. The predicted octanol–water partition coefficient (Wildman–Crippen LogP) is -1.40. The molecule has 0 unspecified atom stereocenters. The van der Waals surface area contributed by atoms with Gasteiger partial charge >= 0.3 is 6.09 Å². The summed E-state index contributed by atoms with van der Waals surface area (Å²) >= 11 is 1.33. The van der Waals surface area contributed by atoms with E-state index in [0.717, 1.165) is 11.6 Å². The molecule has 40 heteroatoms. The van der Waals surface area contributed by atoms with Crippen LogP contribution >= 0.6 is 11.8 Å². The molecule has 7 rings (SSSR count). The topological polar surface area (TPSA) is 609 Å². The fourth-order valence-electron chi connectivity index (χ4n) is 12.9. The van der Waals surface area contributed by atoms with Gasteiger partial charge in [0.1, 0.15) is 79.5 Å². The smallest absolute Gasteiger partial charge is 0.435 e. The summed E-state index contributed by atoms with van der Waals surface area (Å²) in [4.78, 5) is 216. The normalized spacial score (nSPS) is 19.3. The number of fused-ring (bicyclic) bond motifs is 1. The van der Waals surface area contributed by atoms with E-state index in [1.54, 1.807) is 132 Å². The Labute approximate surface area is 720 Å². The standard InChI is InChI=1S/C84H113N21O18S/c1-45(2)40-63-79(117)96-58(29-34-85)74(112)95-61(32-37-88)78(116)103-70(48(6)106)81(119)91-39-33-62(77(115)94-59(30-35-86)76(114)100-64(80(118)99-63)41-50-16-10-9-11-17-50)97-75(113)60(31-36-87)98-83(121)71(49(7)107)102-68(109)43-67(108)101-69(46(3)4)82(120)92-47(5)72(110)93-53-23-21-51(22-24-53)44-123-84(122)105-65-42-54(124-66-20-13-12-19-56(66)73(111)89-8)26-27-55(65)57(104-105)28-25-52-18-14-15-38-90-52/h9-28,38,42,45-49,58-64,69-71,106-107H,29-37,39-41,43-44,85-88H2,1-8H3,(H,89,111)(H,91,119)(H,92,120)(H,93,110)(H,94,115)(H,95,112)(H,96,117)(H,97,113)(H,98,121)(H,99,118)(H,100,114)(H,101,108)(H,102,109)(H,103,116)/b28-25+/t47-,48+,49-,58-,59-,60-,61-,62-,63-,64+,69-,70-,71-/m0/s1. The molecular formula is C84H113N21O18S. The molecule has 4 aromatic carbocycles. The highest BCUT2D eigenvalue weighted by molar-refractivity contribution is 7.99. The van der Waals surface area contributed by atoms with Crippen LogP contribution in [0, 0.1) is 11.8 Å². The van der Waals surface area contributed by atoms with Crippen molar-refractivity contribution >= 4 is 129 Å². The Morgan fingerprint density at radius 2 is 1.16 bits per heavy atom. The van der Waals surface area contributed by atoms with Crippen LogP contribution < -0.4 is 97.4 Å². The van der Waals surface area contributed by atoms with Crippen LogP contribution in [0.4, 0.5) is 10.5 Å². The summed E-state index contributed by atoms with van der Waals surface area (Å²) < 4.78 is 6.91. The fourth-order valence-corrected chi connectivity index (χ4v) is 13.9. The number of hydrogen-bond acceptors (Lipinski definition) is 25. The van der Waals surface area contributed by atoms with E-state index >= 15 is 0 Å². The number of rotatable bonds is 34. The first-order valence-corrected chi connectivity index (χ1v) is 41.5. The molecule has 1 aliphatic heterocycles. The first-order valence-electron chi connectivity index (χ1n) is 40.6. The van der Waals surface area contributed by atoms with Gasteiger partial charge in [0.25, 0.3) is 5.91 Å². The van der Waals surface area contributed by atoms with Crippen molar-refractivity contribution in [2.24, 2.45) is 34.8 Å². The third-order valence-corrected chi connectivity index (χ3v) is 20.6. The number of aliphatic hydroxyl groups is 2. The molecule has 39 nitrogen and oxygen atoms in total. The molecule has 1 aliphatic rings. The Balaban J connectivity index is 0.998. The maximum absolute atomic E-state index is 14.7. The predicted molar refractivity (Wildman–Crippen MR) is 459 cm³/mol. The molecule has 6 aromatic rings. The van der Waals surface area contributed by atoms with Gasteiger partial charge in [-0.2, -0.15) is 9.78 Å². The van der Waals surface area contributed by atoms with E-state index < -0.39 is 187 Å². The highest BCUT2D eigenvalue weighted by Gasteiger charge is 2.39. The lowest BCUT2D eigenvalue weighted by Gasteiger charge is -2.28. The van der Waals surface area contributed by atoms with Gasteiger partial charge in [0.15, 0.2) is 0 Å². The molecule has 668 valence electrons. The summed E-state index contributed by atoms with van der Waals surface area (Å²) in [5.41, 5.74) is 27.1. The number of amides is 14. The maximum atomic E-state index is 14.7. The molecule has 14 amide bonds. The van der Waals surface area contributed by atoms with Gasteiger partial charge in [-0.25, -0.2) is 4.79 Å². The molecule has 24 N–H and O–H groups in total. The number of nitrogens with one attached hydrogen (secondary N) is 14. The van der Waals surface area contributed by atoms with Crippen molar-refractivity contribution in [3.63, 3.8) is 0 Å². The van der Waals surface area contributed by atoms with Crippen LogP contribution in [0.5, 0.6) is 0 Å². The molecule has 0 bridgehead atoms. The number of carbonyl (C=O) groups is 15. The molecule has 13 atom stereocenters. The lowest BCUT2D eigenvalue weighted by Crippen LogP contribution is -2.61. The second-order valence-corrected chi connectivity index (χ2v) is 31.4. The van der Waals surface area contributed by atoms with Crippen molar-refractivity contribution in [3.05, 3.63) is 150 Å². The van der Waals surface area contributed by atoms with Crippen molar-refractivity contribution in [1.29, 1.82) is 0 Å². The number of hydrogen-bond donors (Lipinski definition) is 20. The van der Waals surface area contributed by atoms with E-state index in [2.05, 4.69) is 84.5 Å². The number of ether oxygens (including phenoxy) is 1. The van der Waals surface area contributed by atoms with E-state index in [1.807, 2.05) is 36.4 Å². The Kier molecular flexibility index (Phi) is 38.8. The minimum absolute atomic E-state index is 0.00966. The van der Waals surface area contributed by atoms with Crippen LogP contribution in [0.1, 0.15) is 126 Å². The zero-order valence-corrected chi connectivity index (χ0v) is 71.1. The van der Waals surface area contributed by atoms with Crippen molar-refractivity contribution in [2.45, 2.75) is 195 Å². The minimum Gasteiger partial charge on any atom is -0.443 e. The van der Waals surface area contributed by atoms with Crippen LogP contribution in [0.15, 0.2) is 131 Å². The Bertz CT molecular complexity index is 4750. The zero-order valence-electron chi connectivity index (χ0n) is 70.2. The summed E-state index contributed by atoms with van der Waals surface area (Å²) in [6.07, 6.45) is -1.77. The molecular weight excluding hydrogens is 1620 g/mol. The quantitative estimate of drug-likeness (QED) is 0.0207. The van der Waals surface area contributed by atoms with Crippen LogP contribution in [-0.4, -0.2) is 232 Å². The van der Waals surface area contributed by atoms with Gasteiger partial charge in [-0.1, -0.05) is 100 Å². The van der Waals surface area contributed by atoms with Crippen molar-refractivity contribution in [3.8, 4) is 0 Å². The number of carbonyl (C=O) groups excluding carboxylic acids is 15. The molecule has 0 radical (unpaired) electrons. The van der Waals surface area contributed by atoms with Gasteiger partial charge in [-0.05, 0) is 175 Å². The van der Waals surface area contributed by atoms with E-state index in [0.29, 0.717) is 54.5 Å². The summed E-state index contributed by atoms with van der Waals surface area (Å²) in [7, 11) is 1.54. The van der Waals surface area contributed by atoms with E-state index in [-0.39, 0.29) is 83.1 Å². The highest BCUT2D eigenvalue weighted by Crippen LogP contribution is 2.34. The number of nitrogens with zero attached hydrogens (tertiary/aromatic N) is 3. The van der Waals surface area contributed by atoms with Crippen LogP contribution in [0.3, 0.4) is 0 Å². The summed E-state index contributed by atoms with van der Waals surface area (Å²) in [6.45, 7) is 8.73. The van der Waals surface area contributed by atoms with Gasteiger partial charge in [0, 0.05) is 47.1 Å². The Morgan fingerprint density at radius 1 is 0.589 bits per heavy atom. The van der Waals surface area contributed by atoms with Gasteiger partial charge < -0.3 is 112 Å². The van der Waals surface area contributed by atoms with Crippen LogP contribution in [-0.2, 0) is 80.1 Å². The number of anilines is 1. The SMILES string of the molecule is CNC(=O)c1ccccc1Sc1ccc2c(/C=C/c3ccccn3)nn(C(=O)OCc3ccc(NC(=O)[C@H](C)NC(=O)[C@@H](NC(=O)CC(=O)N[C@H](C(=O)N[C@@H](CCN)C(=O)N[C@H]4CCNC(=O)[C@H]([C@@H](C)O)NC(=O)[C@H](CCN)NC(=O)[C@H](CCN)NC(=O)[C@H](CC(C)C)NC(=O)[C@@H](Cc5ccccc5)NC(=O)[C@H](CCN)NC4=O)[C@H](C)O)C(C)C)cc3)c2c1. The highest BCUT2D eigenvalue weighted by atomic mass is 32.2. The first-order chi connectivity index (χ1) is 59.1. The number of nitrogens with two attached hydrogens (primary N) is 4. The minimum atomic E-state index is -1.89. The van der Waals surface area contributed by atoms with Crippen molar-refractivity contribution < 1.29 is 86.9 Å². The number of aliphatic hydroxyl groups excluding tert-OH is 2. The molecule has 1 saturated heterocycles. The molecule has 2 aromatic heterocycles. The van der Waals surface area contributed by atoms with Gasteiger partial charge in [-0.15, -0.1) is 0 Å². The molecule has 0 saturated carbocycles.